The molecule has 0 aliphatic rings. The summed E-state index contributed by atoms with van der Waals surface area (Å²) < 4.78 is 0. The standard InChI is InChI=1S/C27H32N2O/c1-2-3-4-5-6-16-23-28(24-17-10-7-11-18-24)27(30)29(25-19-12-8-13-20-25)26-21-14-9-15-22-26/h7-15,17-22H,2-6,16,23H2,1H3. The van der Waals surface area contributed by atoms with Crippen molar-refractivity contribution in [3.63, 3.8) is 0 Å². The molecule has 3 nitrogen and oxygen atoms in total. The maximum Gasteiger partial charge on any atom is 0.333 e. The van der Waals surface area contributed by atoms with Crippen LogP contribution in [0.4, 0.5) is 21.9 Å². The molecule has 0 aliphatic heterocycles. The molecule has 0 fully saturated rings. The van der Waals surface area contributed by atoms with E-state index >= 15 is 0 Å². The summed E-state index contributed by atoms with van der Waals surface area (Å²) in [5.41, 5.74) is 2.68. The Bertz CT molecular complexity index is 826. The van der Waals surface area contributed by atoms with Crippen LogP contribution in [0.2, 0.25) is 0 Å². The number of hydrogen-bond donors (Lipinski definition) is 0. The van der Waals surface area contributed by atoms with Crippen LogP contribution in [0, 0.1) is 0 Å². The molecule has 2 amide bonds. The number of nitrogens with zero attached hydrogens (tertiary/aromatic N) is 2. The van der Waals surface area contributed by atoms with E-state index < -0.39 is 0 Å². The molecule has 3 heteroatoms. The van der Waals surface area contributed by atoms with Crippen molar-refractivity contribution in [1.82, 2.24) is 0 Å². The number of unbranched alkanes of at least 4 members (excludes halogenated alkanes) is 5. The van der Waals surface area contributed by atoms with Gasteiger partial charge in [-0.1, -0.05) is 93.6 Å². The first kappa shape index (κ1) is 21.6. The Morgan fingerprint density at radius 3 is 1.53 bits per heavy atom. The Balaban J connectivity index is 1.85. The van der Waals surface area contributed by atoms with Crippen molar-refractivity contribution in [3.8, 4) is 0 Å². The molecule has 156 valence electrons. The second-order valence-corrected chi connectivity index (χ2v) is 7.54. The van der Waals surface area contributed by atoms with Gasteiger partial charge in [0.15, 0.2) is 0 Å². The van der Waals surface area contributed by atoms with Gasteiger partial charge in [-0.05, 0) is 42.8 Å². The minimum atomic E-state index is -0.0211. The number of rotatable bonds is 10. The van der Waals surface area contributed by atoms with E-state index in [0.717, 1.165) is 29.9 Å². The number of hydrogen-bond acceptors (Lipinski definition) is 1. The van der Waals surface area contributed by atoms with Gasteiger partial charge in [-0.3, -0.25) is 9.80 Å². The fourth-order valence-corrected chi connectivity index (χ4v) is 3.64. The summed E-state index contributed by atoms with van der Waals surface area (Å²) in [5, 5.41) is 0. The zero-order valence-electron chi connectivity index (χ0n) is 17.9. The summed E-state index contributed by atoms with van der Waals surface area (Å²) in [6.07, 6.45) is 7.19. The monoisotopic (exact) mass is 400 g/mol. The average molecular weight is 401 g/mol. The van der Waals surface area contributed by atoms with Gasteiger partial charge in [0, 0.05) is 12.2 Å². The van der Waals surface area contributed by atoms with Crippen LogP contribution in [0.1, 0.15) is 45.4 Å². The number of carbonyl (C=O) groups excluding carboxylic acids is 1. The normalized spacial score (nSPS) is 10.6. The van der Waals surface area contributed by atoms with E-state index in [9.17, 15) is 4.79 Å². The van der Waals surface area contributed by atoms with Crippen molar-refractivity contribution in [3.05, 3.63) is 91.0 Å². The fourth-order valence-electron chi connectivity index (χ4n) is 3.64. The third-order valence-electron chi connectivity index (χ3n) is 5.25. The van der Waals surface area contributed by atoms with E-state index in [-0.39, 0.29) is 6.03 Å². The highest BCUT2D eigenvalue weighted by atomic mass is 16.2. The fraction of sp³-hybridized carbons (Fsp3) is 0.296. The van der Waals surface area contributed by atoms with Crippen molar-refractivity contribution >= 4 is 23.1 Å². The zero-order valence-corrected chi connectivity index (χ0v) is 17.9. The molecule has 0 aliphatic carbocycles. The maximum absolute atomic E-state index is 13.9. The lowest BCUT2D eigenvalue weighted by Gasteiger charge is -2.31. The summed E-state index contributed by atoms with van der Waals surface area (Å²) in [6.45, 7) is 2.95. The largest absolute Gasteiger partial charge is 0.333 e. The quantitative estimate of drug-likeness (QED) is 0.318. The van der Waals surface area contributed by atoms with Crippen molar-refractivity contribution < 1.29 is 4.79 Å². The first-order chi connectivity index (χ1) is 14.8. The lowest BCUT2D eigenvalue weighted by Crippen LogP contribution is -2.41. The Kier molecular flexibility index (Phi) is 8.52. The molecule has 0 saturated heterocycles. The number of benzene rings is 3. The molecule has 0 unspecified atom stereocenters. The Labute approximate surface area is 181 Å². The van der Waals surface area contributed by atoms with Gasteiger partial charge < -0.3 is 0 Å². The molecule has 3 aromatic rings. The van der Waals surface area contributed by atoms with Crippen LogP contribution in [0.5, 0.6) is 0 Å². The van der Waals surface area contributed by atoms with Crippen molar-refractivity contribution in [2.45, 2.75) is 45.4 Å². The second-order valence-electron chi connectivity index (χ2n) is 7.54. The van der Waals surface area contributed by atoms with E-state index in [0.29, 0.717) is 6.54 Å². The minimum Gasteiger partial charge on any atom is -0.294 e. The van der Waals surface area contributed by atoms with Gasteiger partial charge in [0.25, 0.3) is 0 Å². The van der Waals surface area contributed by atoms with E-state index in [4.69, 9.17) is 0 Å². The molecule has 30 heavy (non-hydrogen) atoms. The molecule has 0 aromatic heterocycles. The van der Waals surface area contributed by atoms with Gasteiger partial charge >= 0.3 is 6.03 Å². The molecule has 0 saturated carbocycles. The topological polar surface area (TPSA) is 23.6 Å². The predicted octanol–water partition coefficient (Wildman–Crippen LogP) is 7.81. The molecule has 3 aromatic carbocycles. The predicted molar refractivity (Wildman–Crippen MR) is 128 cm³/mol. The van der Waals surface area contributed by atoms with Gasteiger partial charge in [0.05, 0.1) is 11.4 Å². The van der Waals surface area contributed by atoms with Gasteiger partial charge in [0.2, 0.25) is 0 Å². The highest BCUT2D eigenvalue weighted by Gasteiger charge is 2.24. The molecule has 0 bridgehead atoms. The van der Waals surface area contributed by atoms with Crippen LogP contribution < -0.4 is 9.80 Å². The second kappa shape index (κ2) is 11.8. The van der Waals surface area contributed by atoms with Gasteiger partial charge in [-0.2, -0.15) is 0 Å². The highest BCUT2D eigenvalue weighted by molar-refractivity contribution is 6.08. The van der Waals surface area contributed by atoms with Gasteiger partial charge in [0.1, 0.15) is 0 Å². The van der Waals surface area contributed by atoms with E-state index in [1.165, 1.54) is 25.7 Å². The third kappa shape index (κ3) is 5.96. The molecular weight excluding hydrogens is 368 g/mol. The van der Waals surface area contributed by atoms with Crippen LogP contribution in [0.3, 0.4) is 0 Å². The van der Waals surface area contributed by atoms with Crippen LogP contribution in [-0.2, 0) is 0 Å². The maximum atomic E-state index is 13.9. The van der Waals surface area contributed by atoms with Gasteiger partial charge in [-0.25, -0.2) is 4.79 Å². The number of urea groups is 1. The highest BCUT2D eigenvalue weighted by Crippen LogP contribution is 2.28. The van der Waals surface area contributed by atoms with E-state index in [1.807, 2.05) is 101 Å². The van der Waals surface area contributed by atoms with Crippen LogP contribution >= 0.6 is 0 Å². The van der Waals surface area contributed by atoms with Crippen LogP contribution in [0.25, 0.3) is 0 Å². The van der Waals surface area contributed by atoms with Crippen LogP contribution in [0.15, 0.2) is 91.0 Å². The summed E-state index contributed by atoms with van der Waals surface area (Å²) in [5.74, 6) is 0. The molecule has 0 N–H and O–H groups in total. The molecular formula is C27H32N2O. The SMILES string of the molecule is CCCCCCCCN(C(=O)N(c1ccccc1)c1ccccc1)c1ccccc1. The van der Waals surface area contributed by atoms with Crippen molar-refractivity contribution in [2.75, 3.05) is 16.3 Å². The first-order valence-corrected chi connectivity index (χ1v) is 11.1. The molecule has 0 radical (unpaired) electrons. The zero-order chi connectivity index (χ0) is 21.0. The first-order valence-electron chi connectivity index (χ1n) is 11.1. The molecule has 0 spiro atoms. The lowest BCUT2D eigenvalue weighted by molar-refractivity contribution is 0.253. The number of para-hydroxylation sites is 3. The van der Waals surface area contributed by atoms with Crippen molar-refractivity contribution in [1.29, 1.82) is 0 Å². The lowest BCUT2D eigenvalue weighted by atomic mass is 10.1. The smallest absolute Gasteiger partial charge is 0.294 e. The Morgan fingerprint density at radius 2 is 1.03 bits per heavy atom. The minimum absolute atomic E-state index is 0.0211. The summed E-state index contributed by atoms with van der Waals surface area (Å²) >= 11 is 0. The summed E-state index contributed by atoms with van der Waals surface area (Å²) in [4.78, 5) is 17.6. The van der Waals surface area contributed by atoms with E-state index in [1.54, 1.807) is 0 Å². The Morgan fingerprint density at radius 1 is 0.600 bits per heavy atom. The van der Waals surface area contributed by atoms with E-state index in [2.05, 4.69) is 6.92 Å². The number of carbonyl (C=O) groups is 1. The molecule has 0 heterocycles. The number of amides is 2. The van der Waals surface area contributed by atoms with Crippen molar-refractivity contribution in [2.24, 2.45) is 0 Å². The molecule has 0 atom stereocenters. The van der Waals surface area contributed by atoms with Crippen LogP contribution in [-0.4, -0.2) is 12.6 Å². The molecule has 3 rings (SSSR count). The summed E-state index contributed by atoms with van der Waals surface area (Å²) in [7, 11) is 0. The Hall–Kier alpha value is -3.07. The number of anilines is 3. The average Bonchev–Trinajstić information content (AvgIpc) is 2.81. The van der Waals surface area contributed by atoms with Gasteiger partial charge in [-0.15, -0.1) is 0 Å². The third-order valence-corrected chi connectivity index (χ3v) is 5.25. The summed E-state index contributed by atoms with van der Waals surface area (Å²) in [6, 6.07) is 29.8.